The van der Waals surface area contributed by atoms with Gasteiger partial charge in [-0.25, -0.2) is 0 Å². The summed E-state index contributed by atoms with van der Waals surface area (Å²) in [5.41, 5.74) is 1.10. The lowest BCUT2D eigenvalue weighted by atomic mass is 9.99. The summed E-state index contributed by atoms with van der Waals surface area (Å²) in [6, 6.07) is 4.51. The van der Waals surface area contributed by atoms with Crippen LogP contribution in [0.5, 0.6) is 5.75 Å². The highest BCUT2D eigenvalue weighted by Crippen LogP contribution is 2.36. The zero-order chi connectivity index (χ0) is 13.8. The van der Waals surface area contributed by atoms with Gasteiger partial charge >= 0.3 is 0 Å². The fraction of sp³-hybridized carbons (Fsp3) is 0.571. The number of halogens is 2. The number of hydrogen-bond donors (Lipinski definition) is 2. The van der Waals surface area contributed by atoms with E-state index in [4.69, 9.17) is 0 Å². The van der Waals surface area contributed by atoms with Crippen molar-refractivity contribution in [1.82, 2.24) is 10.2 Å². The lowest BCUT2D eigenvalue weighted by Gasteiger charge is -2.35. The molecule has 0 unspecified atom stereocenters. The van der Waals surface area contributed by atoms with Crippen LogP contribution >= 0.6 is 45.2 Å². The second-order valence-corrected chi connectivity index (χ2v) is 7.32. The molecular formula is C14H20I2N2O. The minimum atomic E-state index is 0.343. The van der Waals surface area contributed by atoms with Crippen molar-refractivity contribution >= 4 is 45.2 Å². The third-order valence-corrected chi connectivity index (χ3v) is 5.02. The fourth-order valence-electron chi connectivity index (χ4n) is 2.64. The molecular weight excluding hydrogens is 466 g/mol. The second-order valence-electron chi connectivity index (χ2n) is 4.92. The topological polar surface area (TPSA) is 35.5 Å². The first-order valence-electron chi connectivity index (χ1n) is 6.76. The van der Waals surface area contributed by atoms with Gasteiger partial charge in [0.15, 0.2) is 0 Å². The van der Waals surface area contributed by atoms with E-state index in [0.29, 0.717) is 11.8 Å². The molecule has 3 nitrogen and oxygen atoms in total. The Balaban J connectivity index is 2.32. The van der Waals surface area contributed by atoms with Crippen LogP contribution in [0.25, 0.3) is 0 Å². The number of nitrogens with one attached hydrogen (secondary N) is 1. The molecule has 0 bridgehead atoms. The zero-order valence-electron chi connectivity index (χ0n) is 11.1. The van der Waals surface area contributed by atoms with Gasteiger partial charge in [-0.3, -0.25) is 4.90 Å². The molecule has 1 aliphatic rings. The summed E-state index contributed by atoms with van der Waals surface area (Å²) in [4.78, 5) is 2.50. The van der Waals surface area contributed by atoms with E-state index < -0.39 is 0 Å². The molecule has 0 aliphatic carbocycles. The van der Waals surface area contributed by atoms with E-state index >= 15 is 0 Å². The molecule has 0 spiro atoms. The lowest BCUT2D eigenvalue weighted by molar-refractivity contribution is 0.162. The Morgan fingerprint density at radius 1 is 1.32 bits per heavy atom. The summed E-state index contributed by atoms with van der Waals surface area (Å²) in [7, 11) is 0. The number of piperazine rings is 1. The van der Waals surface area contributed by atoms with Crippen LogP contribution in [-0.4, -0.2) is 36.2 Å². The van der Waals surface area contributed by atoms with Crippen LogP contribution in [0, 0.1) is 7.14 Å². The van der Waals surface area contributed by atoms with E-state index in [2.05, 4.69) is 68.4 Å². The molecule has 19 heavy (non-hydrogen) atoms. The molecule has 0 radical (unpaired) electrons. The summed E-state index contributed by atoms with van der Waals surface area (Å²) in [5, 5.41) is 13.8. The molecule has 2 N–H and O–H groups in total. The summed E-state index contributed by atoms with van der Waals surface area (Å²) >= 11 is 4.56. The van der Waals surface area contributed by atoms with E-state index in [1.807, 2.05) is 6.07 Å². The minimum Gasteiger partial charge on any atom is -0.506 e. The smallest absolute Gasteiger partial charge is 0.133 e. The number of rotatable bonds is 4. The maximum Gasteiger partial charge on any atom is 0.133 e. The van der Waals surface area contributed by atoms with E-state index in [9.17, 15) is 5.11 Å². The monoisotopic (exact) mass is 486 g/mol. The van der Waals surface area contributed by atoms with E-state index in [1.54, 1.807) is 0 Å². The van der Waals surface area contributed by atoms with Crippen LogP contribution in [0.15, 0.2) is 12.1 Å². The molecule has 5 heteroatoms. The Morgan fingerprint density at radius 2 is 2.00 bits per heavy atom. The van der Waals surface area contributed by atoms with Crippen molar-refractivity contribution in [3.8, 4) is 5.75 Å². The predicted molar refractivity (Wildman–Crippen MR) is 95.6 cm³/mol. The highest BCUT2D eigenvalue weighted by atomic mass is 127. The van der Waals surface area contributed by atoms with Gasteiger partial charge < -0.3 is 10.4 Å². The standard InChI is InChI=1S/C14H20I2N2O/c1-2-3-13(18-6-4-17-5-7-18)11-8-10(15)9-12(16)14(11)19/h8-9,13,17,19H,2-7H2,1H3/t13-/m1/s1. The summed E-state index contributed by atoms with van der Waals surface area (Å²) in [5.74, 6) is 0.470. The number of hydrogen-bond acceptors (Lipinski definition) is 3. The molecule has 106 valence electrons. The van der Waals surface area contributed by atoms with Crippen LogP contribution in [0.3, 0.4) is 0 Å². The normalized spacial score (nSPS) is 18.5. The van der Waals surface area contributed by atoms with Crippen LogP contribution in [0.1, 0.15) is 31.4 Å². The molecule has 1 aromatic rings. The van der Waals surface area contributed by atoms with Gasteiger partial charge in [0.05, 0.1) is 3.57 Å². The van der Waals surface area contributed by atoms with Gasteiger partial charge in [0.2, 0.25) is 0 Å². The summed E-state index contributed by atoms with van der Waals surface area (Å²) < 4.78 is 2.15. The Hall–Kier alpha value is 0.400. The predicted octanol–water partition coefficient (Wildman–Crippen LogP) is 3.35. The molecule has 1 saturated heterocycles. The van der Waals surface area contributed by atoms with Gasteiger partial charge in [-0.05, 0) is 63.7 Å². The first-order valence-corrected chi connectivity index (χ1v) is 8.92. The van der Waals surface area contributed by atoms with Gasteiger partial charge in [0, 0.05) is 41.4 Å². The zero-order valence-corrected chi connectivity index (χ0v) is 15.4. The van der Waals surface area contributed by atoms with Crippen molar-refractivity contribution in [3.05, 3.63) is 24.8 Å². The van der Waals surface area contributed by atoms with Gasteiger partial charge in [0.25, 0.3) is 0 Å². The van der Waals surface area contributed by atoms with Crippen molar-refractivity contribution < 1.29 is 5.11 Å². The van der Waals surface area contributed by atoms with Gasteiger partial charge in [-0.15, -0.1) is 0 Å². The van der Waals surface area contributed by atoms with Crippen molar-refractivity contribution in [3.63, 3.8) is 0 Å². The maximum atomic E-state index is 10.4. The number of nitrogens with zero attached hydrogens (tertiary/aromatic N) is 1. The number of aromatic hydroxyl groups is 1. The van der Waals surface area contributed by atoms with Crippen LogP contribution in [0.2, 0.25) is 0 Å². The highest BCUT2D eigenvalue weighted by Gasteiger charge is 2.24. The molecule has 1 heterocycles. The SMILES string of the molecule is CCC[C@H](c1cc(I)cc(I)c1O)N1CCNCC1. The average molecular weight is 486 g/mol. The van der Waals surface area contributed by atoms with E-state index in [0.717, 1.165) is 48.2 Å². The molecule has 1 aliphatic heterocycles. The molecule has 1 aromatic carbocycles. The Kier molecular flexibility index (Phi) is 6.16. The fourth-order valence-corrected chi connectivity index (χ4v) is 4.53. The quantitative estimate of drug-likeness (QED) is 0.642. The largest absolute Gasteiger partial charge is 0.506 e. The van der Waals surface area contributed by atoms with E-state index in [1.165, 1.54) is 3.57 Å². The first-order chi connectivity index (χ1) is 9.13. The van der Waals surface area contributed by atoms with Gasteiger partial charge in [-0.1, -0.05) is 13.3 Å². The van der Waals surface area contributed by atoms with Gasteiger partial charge in [-0.2, -0.15) is 0 Å². The number of benzene rings is 1. The summed E-state index contributed by atoms with van der Waals surface area (Å²) in [6.07, 6.45) is 2.24. The average Bonchev–Trinajstić information content (AvgIpc) is 2.41. The highest BCUT2D eigenvalue weighted by molar-refractivity contribution is 14.1. The van der Waals surface area contributed by atoms with Crippen molar-refractivity contribution in [2.75, 3.05) is 26.2 Å². The van der Waals surface area contributed by atoms with Crippen molar-refractivity contribution in [2.24, 2.45) is 0 Å². The molecule has 0 amide bonds. The summed E-state index contributed by atoms with van der Waals surface area (Å²) in [6.45, 7) is 6.42. The van der Waals surface area contributed by atoms with E-state index in [-0.39, 0.29) is 0 Å². The third kappa shape index (κ3) is 3.95. The first kappa shape index (κ1) is 15.8. The molecule has 2 rings (SSSR count). The van der Waals surface area contributed by atoms with Crippen LogP contribution in [-0.2, 0) is 0 Å². The molecule has 1 atom stereocenters. The molecule has 0 aromatic heterocycles. The minimum absolute atomic E-state index is 0.343. The maximum absolute atomic E-state index is 10.4. The second kappa shape index (κ2) is 7.42. The lowest BCUT2D eigenvalue weighted by Crippen LogP contribution is -2.45. The van der Waals surface area contributed by atoms with Crippen molar-refractivity contribution in [2.45, 2.75) is 25.8 Å². The molecule has 0 saturated carbocycles. The van der Waals surface area contributed by atoms with Gasteiger partial charge in [0.1, 0.15) is 5.75 Å². The van der Waals surface area contributed by atoms with Crippen LogP contribution in [0.4, 0.5) is 0 Å². The Bertz CT molecular complexity index is 434. The third-order valence-electron chi connectivity index (χ3n) is 3.57. The molecule has 1 fully saturated rings. The van der Waals surface area contributed by atoms with Crippen LogP contribution < -0.4 is 5.32 Å². The number of phenols is 1. The Morgan fingerprint density at radius 3 is 2.63 bits per heavy atom. The Labute approximate surface area is 142 Å². The number of phenolic OH excluding ortho intramolecular Hbond substituents is 1. The van der Waals surface area contributed by atoms with Crippen molar-refractivity contribution in [1.29, 1.82) is 0 Å².